The lowest BCUT2D eigenvalue weighted by Gasteiger charge is -2.15. The smallest absolute Gasteiger partial charge is 0.142 e. The molecule has 1 N–H and O–H groups in total. The molecular formula is C20H27NO3. The van der Waals surface area contributed by atoms with E-state index >= 15 is 0 Å². The summed E-state index contributed by atoms with van der Waals surface area (Å²) in [5.74, 6) is 1.77. The van der Waals surface area contributed by atoms with Gasteiger partial charge in [0.15, 0.2) is 0 Å². The molecule has 2 aromatic carbocycles. The predicted molar refractivity (Wildman–Crippen MR) is 98.0 cm³/mol. The molecule has 2 aromatic rings. The summed E-state index contributed by atoms with van der Waals surface area (Å²) < 4.78 is 16.9. The van der Waals surface area contributed by atoms with Crippen molar-refractivity contribution in [1.29, 1.82) is 0 Å². The van der Waals surface area contributed by atoms with Crippen LogP contribution in [0.2, 0.25) is 0 Å². The van der Waals surface area contributed by atoms with Gasteiger partial charge < -0.3 is 19.5 Å². The standard InChI is InChI=1S/C20H27NO3/c1-3-13-23-19-11-7-5-9-17(19)16-21-18-10-6-8-12-20(18)24-15-14-22-4-2/h5-12,21H,3-4,13-16H2,1-2H3. The predicted octanol–water partition coefficient (Wildman–Crippen LogP) is 4.50. The molecule has 0 heterocycles. The molecule has 0 spiro atoms. The highest BCUT2D eigenvalue weighted by molar-refractivity contribution is 5.56. The van der Waals surface area contributed by atoms with Gasteiger partial charge in [0, 0.05) is 18.7 Å². The van der Waals surface area contributed by atoms with E-state index < -0.39 is 0 Å². The molecule has 0 aliphatic carbocycles. The SMILES string of the molecule is CCCOc1ccccc1CNc1ccccc1OCCOCC. The molecule has 0 saturated heterocycles. The molecule has 0 bridgehead atoms. The van der Waals surface area contributed by atoms with Crippen molar-refractivity contribution in [2.24, 2.45) is 0 Å². The van der Waals surface area contributed by atoms with Crippen molar-refractivity contribution in [2.75, 3.05) is 31.7 Å². The third-order valence-corrected chi connectivity index (χ3v) is 3.48. The lowest BCUT2D eigenvalue weighted by molar-refractivity contribution is 0.110. The Morgan fingerprint density at radius 1 is 0.792 bits per heavy atom. The number of hydrogen-bond acceptors (Lipinski definition) is 4. The van der Waals surface area contributed by atoms with Crippen LogP contribution in [0.1, 0.15) is 25.8 Å². The fourth-order valence-electron chi connectivity index (χ4n) is 2.29. The van der Waals surface area contributed by atoms with Gasteiger partial charge in [0.1, 0.15) is 18.1 Å². The second-order valence-corrected chi connectivity index (χ2v) is 5.35. The first-order chi connectivity index (χ1) is 11.8. The summed E-state index contributed by atoms with van der Waals surface area (Å²) in [6, 6.07) is 16.1. The lowest BCUT2D eigenvalue weighted by Crippen LogP contribution is -2.09. The highest BCUT2D eigenvalue weighted by Crippen LogP contribution is 2.26. The number of benzene rings is 2. The van der Waals surface area contributed by atoms with Gasteiger partial charge in [-0.05, 0) is 31.5 Å². The molecule has 2 rings (SSSR count). The minimum absolute atomic E-state index is 0.544. The van der Waals surface area contributed by atoms with Crippen molar-refractivity contribution in [3.05, 3.63) is 54.1 Å². The quantitative estimate of drug-likeness (QED) is 0.616. The van der Waals surface area contributed by atoms with Crippen molar-refractivity contribution in [3.8, 4) is 11.5 Å². The fourth-order valence-corrected chi connectivity index (χ4v) is 2.29. The molecule has 0 fully saturated rings. The molecule has 24 heavy (non-hydrogen) atoms. The molecule has 0 aliphatic heterocycles. The van der Waals surface area contributed by atoms with Crippen LogP contribution in [0.15, 0.2) is 48.5 Å². The van der Waals surface area contributed by atoms with E-state index in [0.29, 0.717) is 26.4 Å². The summed E-state index contributed by atoms with van der Waals surface area (Å²) in [7, 11) is 0. The maximum Gasteiger partial charge on any atom is 0.142 e. The molecule has 0 saturated carbocycles. The van der Waals surface area contributed by atoms with Gasteiger partial charge >= 0.3 is 0 Å². The molecular weight excluding hydrogens is 302 g/mol. The van der Waals surface area contributed by atoms with Crippen molar-refractivity contribution >= 4 is 5.69 Å². The van der Waals surface area contributed by atoms with Gasteiger partial charge in [-0.3, -0.25) is 0 Å². The van der Waals surface area contributed by atoms with Gasteiger partial charge in [0.2, 0.25) is 0 Å². The molecule has 0 radical (unpaired) electrons. The number of ether oxygens (including phenoxy) is 3. The Balaban J connectivity index is 1.97. The van der Waals surface area contributed by atoms with Crippen LogP contribution in [0.25, 0.3) is 0 Å². The summed E-state index contributed by atoms with van der Waals surface area (Å²) in [5, 5.41) is 3.44. The molecule has 0 aliphatic rings. The number of hydrogen-bond donors (Lipinski definition) is 1. The average molecular weight is 329 g/mol. The third-order valence-electron chi connectivity index (χ3n) is 3.48. The third kappa shape index (κ3) is 5.78. The lowest BCUT2D eigenvalue weighted by atomic mass is 10.2. The highest BCUT2D eigenvalue weighted by Gasteiger charge is 2.06. The summed E-state index contributed by atoms with van der Waals surface area (Å²) in [6.45, 7) is 7.35. The number of rotatable bonds is 11. The van der Waals surface area contributed by atoms with Crippen LogP contribution in [-0.4, -0.2) is 26.4 Å². The Morgan fingerprint density at radius 2 is 1.50 bits per heavy atom. The fraction of sp³-hybridized carbons (Fsp3) is 0.400. The van der Waals surface area contributed by atoms with Crippen LogP contribution in [0.5, 0.6) is 11.5 Å². The topological polar surface area (TPSA) is 39.7 Å². The first-order valence-electron chi connectivity index (χ1n) is 8.59. The Bertz CT molecular complexity index is 601. The second kappa shape index (κ2) is 10.6. The van der Waals surface area contributed by atoms with E-state index in [9.17, 15) is 0 Å². The van der Waals surface area contributed by atoms with Crippen LogP contribution < -0.4 is 14.8 Å². The zero-order valence-electron chi connectivity index (χ0n) is 14.6. The van der Waals surface area contributed by atoms with Crippen molar-refractivity contribution < 1.29 is 14.2 Å². The van der Waals surface area contributed by atoms with Gasteiger partial charge in [0.05, 0.1) is 18.9 Å². The van der Waals surface area contributed by atoms with E-state index in [2.05, 4.69) is 18.3 Å². The largest absolute Gasteiger partial charge is 0.493 e. The van der Waals surface area contributed by atoms with Crippen LogP contribution in [-0.2, 0) is 11.3 Å². The van der Waals surface area contributed by atoms with Crippen LogP contribution in [0.3, 0.4) is 0 Å². The van der Waals surface area contributed by atoms with Gasteiger partial charge in [-0.1, -0.05) is 37.3 Å². The van der Waals surface area contributed by atoms with Crippen molar-refractivity contribution in [1.82, 2.24) is 0 Å². The van der Waals surface area contributed by atoms with Crippen molar-refractivity contribution in [3.63, 3.8) is 0 Å². The molecule has 130 valence electrons. The number of anilines is 1. The Hall–Kier alpha value is -2.20. The van der Waals surface area contributed by atoms with E-state index in [1.807, 2.05) is 49.4 Å². The number of para-hydroxylation sites is 3. The monoisotopic (exact) mass is 329 g/mol. The van der Waals surface area contributed by atoms with Crippen LogP contribution in [0, 0.1) is 0 Å². The van der Waals surface area contributed by atoms with E-state index in [-0.39, 0.29) is 0 Å². The van der Waals surface area contributed by atoms with E-state index in [1.165, 1.54) is 0 Å². The van der Waals surface area contributed by atoms with E-state index in [4.69, 9.17) is 14.2 Å². The Morgan fingerprint density at radius 3 is 2.29 bits per heavy atom. The zero-order valence-corrected chi connectivity index (χ0v) is 14.6. The second-order valence-electron chi connectivity index (χ2n) is 5.35. The normalized spacial score (nSPS) is 10.4. The van der Waals surface area contributed by atoms with Crippen LogP contribution in [0.4, 0.5) is 5.69 Å². The molecule has 4 nitrogen and oxygen atoms in total. The Kier molecular flexibility index (Phi) is 7.98. The first kappa shape index (κ1) is 18.1. The molecule has 0 aromatic heterocycles. The maximum atomic E-state index is 5.81. The van der Waals surface area contributed by atoms with Crippen LogP contribution >= 0.6 is 0 Å². The summed E-state index contributed by atoms with van der Waals surface area (Å²) >= 11 is 0. The summed E-state index contributed by atoms with van der Waals surface area (Å²) in [5.41, 5.74) is 2.11. The maximum absolute atomic E-state index is 5.81. The van der Waals surface area contributed by atoms with E-state index in [0.717, 1.165) is 35.8 Å². The summed E-state index contributed by atoms with van der Waals surface area (Å²) in [6.07, 6.45) is 0.998. The minimum Gasteiger partial charge on any atom is -0.493 e. The van der Waals surface area contributed by atoms with Gasteiger partial charge in [0.25, 0.3) is 0 Å². The Labute approximate surface area is 144 Å². The number of nitrogens with one attached hydrogen (secondary N) is 1. The minimum atomic E-state index is 0.544. The highest BCUT2D eigenvalue weighted by atomic mass is 16.5. The molecule has 0 atom stereocenters. The van der Waals surface area contributed by atoms with E-state index in [1.54, 1.807) is 0 Å². The first-order valence-corrected chi connectivity index (χ1v) is 8.59. The molecule has 4 heteroatoms. The summed E-state index contributed by atoms with van der Waals surface area (Å²) in [4.78, 5) is 0. The average Bonchev–Trinajstić information content (AvgIpc) is 2.63. The van der Waals surface area contributed by atoms with Gasteiger partial charge in [-0.25, -0.2) is 0 Å². The van der Waals surface area contributed by atoms with Crippen molar-refractivity contribution in [2.45, 2.75) is 26.8 Å². The molecule has 0 amide bonds. The van der Waals surface area contributed by atoms with Gasteiger partial charge in [-0.2, -0.15) is 0 Å². The molecule has 0 unspecified atom stereocenters. The zero-order chi connectivity index (χ0) is 17.0. The van der Waals surface area contributed by atoms with Gasteiger partial charge in [-0.15, -0.1) is 0 Å².